The van der Waals surface area contributed by atoms with Crippen molar-refractivity contribution in [3.05, 3.63) is 23.9 Å². The molecule has 17 heavy (non-hydrogen) atoms. The van der Waals surface area contributed by atoms with Crippen LogP contribution in [0, 0.1) is 0 Å². The van der Waals surface area contributed by atoms with E-state index in [1.165, 1.54) is 6.20 Å². The van der Waals surface area contributed by atoms with Crippen molar-refractivity contribution < 1.29 is 15.0 Å². The minimum absolute atomic E-state index is 0.0816. The maximum atomic E-state index is 10.7. The van der Waals surface area contributed by atoms with Crippen LogP contribution in [0.1, 0.15) is 30.1 Å². The molecule has 0 radical (unpaired) electrons. The largest absolute Gasteiger partial charge is 0.478 e. The Morgan fingerprint density at radius 3 is 2.88 bits per heavy atom. The SMILES string of the molecule is C[C@@H](O)[C@H]1CCCN1c1ccc(C(=O)O)cn1. The van der Waals surface area contributed by atoms with Crippen molar-refractivity contribution in [2.45, 2.75) is 31.9 Å². The van der Waals surface area contributed by atoms with Gasteiger partial charge in [-0.1, -0.05) is 0 Å². The van der Waals surface area contributed by atoms with Crippen molar-refractivity contribution in [3.8, 4) is 0 Å². The summed E-state index contributed by atoms with van der Waals surface area (Å²) in [7, 11) is 0. The number of carbonyl (C=O) groups is 1. The number of hydrogen-bond donors (Lipinski definition) is 2. The molecular weight excluding hydrogens is 220 g/mol. The number of hydrogen-bond acceptors (Lipinski definition) is 4. The predicted octanol–water partition coefficient (Wildman–Crippen LogP) is 1.13. The van der Waals surface area contributed by atoms with Gasteiger partial charge in [0.2, 0.25) is 0 Å². The maximum absolute atomic E-state index is 10.7. The Morgan fingerprint density at radius 1 is 1.59 bits per heavy atom. The third-order valence-electron chi connectivity index (χ3n) is 3.15. The second-order valence-corrected chi connectivity index (χ2v) is 4.35. The molecule has 92 valence electrons. The highest BCUT2D eigenvalue weighted by molar-refractivity contribution is 5.87. The number of aromatic carboxylic acids is 1. The second-order valence-electron chi connectivity index (χ2n) is 4.35. The monoisotopic (exact) mass is 236 g/mol. The fourth-order valence-corrected chi connectivity index (χ4v) is 2.26. The minimum Gasteiger partial charge on any atom is -0.478 e. The molecule has 2 rings (SSSR count). The van der Waals surface area contributed by atoms with Crippen molar-refractivity contribution in [1.82, 2.24) is 4.98 Å². The molecule has 1 aromatic rings. The Balaban J connectivity index is 2.19. The highest BCUT2D eigenvalue weighted by Crippen LogP contribution is 2.25. The van der Waals surface area contributed by atoms with Crippen LogP contribution in [0.4, 0.5) is 5.82 Å². The fraction of sp³-hybridized carbons (Fsp3) is 0.500. The number of anilines is 1. The molecule has 1 aromatic heterocycles. The topological polar surface area (TPSA) is 73.7 Å². The molecule has 1 aliphatic heterocycles. The van der Waals surface area contributed by atoms with E-state index in [-0.39, 0.29) is 11.6 Å². The zero-order chi connectivity index (χ0) is 12.4. The Labute approximate surface area is 99.7 Å². The molecule has 2 heterocycles. The number of aromatic nitrogens is 1. The van der Waals surface area contributed by atoms with Gasteiger partial charge in [0.15, 0.2) is 0 Å². The summed E-state index contributed by atoms with van der Waals surface area (Å²) in [6.45, 7) is 2.63. The summed E-state index contributed by atoms with van der Waals surface area (Å²) in [6.07, 6.45) is 2.92. The smallest absolute Gasteiger partial charge is 0.337 e. The summed E-state index contributed by atoms with van der Waals surface area (Å²) in [5.74, 6) is -0.240. The first kappa shape index (κ1) is 11.9. The number of carboxylic acid groups (broad SMARTS) is 1. The summed E-state index contributed by atoms with van der Waals surface area (Å²) in [5, 5.41) is 18.5. The zero-order valence-corrected chi connectivity index (χ0v) is 9.71. The van der Waals surface area contributed by atoms with Crippen LogP contribution < -0.4 is 4.90 Å². The average Bonchev–Trinajstić information content (AvgIpc) is 2.78. The van der Waals surface area contributed by atoms with Gasteiger partial charge in [0.25, 0.3) is 0 Å². The molecule has 0 unspecified atom stereocenters. The van der Waals surface area contributed by atoms with E-state index in [0.717, 1.165) is 25.2 Å². The van der Waals surface area contributed by atoms with E-state index in [4.69, 9.17) is 5.11 Å². The molecule has 2 N–H and O–H groups in total. The molecule has 1 saturated heterocycles. The van der Waals surface area contributed by atoms with Crippen molar-refractivity contribution in [2.24, 2.45) is 0 Å². The number of aliphatic hydroxyl groups excluding tert-OH is 1. The number of carboxylic acids is 1. The van der Waals surface area contributed by atoms with Crippen LogP contribution in [-0.4, -0.2) is 39.9 Å². The summed E-state index contributed by atoms with van der Waals surface area (Å²) < 4.78 is 0. The molecule has 5 heteroatoms. The van der Waals surface area contributed by atoms with Crippen LogP contribution in [0.3, 0.4) is 0 Å². The van der Waals surface area contributed by atoms with Gasteiger partial charge in [-0.05, 0) is 31.9 Å². The van der Waals surface area contributed by atoms with E-state index < -0.39 is 12.1 Å². The lowest BCUT2D eigenvalue weighted by Crippen LogP contribution is -2.37. The first-order valence-electron chi connectivity index (χ1n) is 5.73. The Morgan fingerprint density at radius 2 is 2.35 bits per heavy atom. The molecule has 5 nitrogen and oxygen atoms in total. The summed E-state index contributed by atoms with van der Waals surface area (Å²) in [4.78, 5) is 16.9. The van der Waals surface area contributed by atoms with E-state index in [0.29, 0.717) is 0 Å². The predicted molar refractivity (Wildman–Crippen MR) is 63.2 cm³/mol. The lowest BCUT2D eigenvalue weighted by Gasteiger charge is -2.27. The van der Waals surface area contributed by atoms with Gasteiger partial charge in [0.1, 0.15) is 5.82 Å². The number of aliphatic hydroxyl groups is 1. The molecule has 1 fully saturated rings. The molecule has 0 spiro atoms. The maximum Gasteiger partial charge on any atom is 0.337 e. The van der Waals surface area contributed by atoms with Gasteiger partial charge < -0.3 is 15.1 Å². The highest BCUT2D eigenvalue weighted by Gasteiger charge is 2.29. The minimum atomic E-state index is -0.974. The first-order valence-corrected chi connectivity index (χ1v) is 5.73. The molecule has 0 aromatic carbocycles. The summed E-state index contributed by atoms with van der Waals surface area (Å²) in [6, 6.07) is 3.32. The molecule has 0 amide bonds. The van der Waals surface area contributed by atoms with Gasteiger partial charge in [-0.25, -0.2) is 9.78 Å². The summed E-state index contributed by atoms with van der Waals surface area (Å²) in [5.41, 5.74) is 0.182. The number of nitrogens with zero attached hydrogens (tertiary/aromatic N) is 2. The highest BCUT2D eigenvalue weighted by atomic mass is 16.4. The molecule has 1 aliphatic rings. The van der Waals surface area contributed by atoms with Crippen molar-refractivity contribution in [2.75, 3.05) is 11.4 Å². The molecule has 0 saturated carbocycles. The number of pyridine rings is 1. The van der Waals surface area contributed by atoms with Crippen LogP contribution in [0.5, 0.6) is 0 Å². The zero-order valence-electron chi connectivity index (χ0n) is 9.71. The van der Waals surface area contributed by atoms with E-state index in [9.17, 15) is 9.90 Å². The molecule has 0 bridgehead atoms. The molecular formula is C12H16N2O3. The second kappa shape index (κ2) is 4.71. The van der Waals surface area contributed by atoms with Gasteiger partial charge in [-0.3, -0.25) is 0 Å². The van der Waals surface area contributed by atoms with Gasteiger partial charge in [0, 0.05) is 12.7 Å². The van der Waals surface area contributed by atoms with Crippen molar-refractivity contribution in [3.63, 3.8) is 0 Å². The van der Waals surface area contributed by atoms with E-state index in [1.807, 2.05) is 4.90 Å². The number of rotatable bonds is 3. The van der Waals surface area contributed by atoms with Crippen LogP contribution in [-0.2, 0) is 0 Å². The molecule has 0 aliphatic carbocycles. The van der Waals surface area contributed by atoms with Gasteiger partial charge in [-0.15, -0.1) is 0 Å². The lowest BCUT2D eigenvalue weighted by molar-refractivity contribution is 0.0696. The van der Waals surface area contributed by atoms with E-state index in [2.05, 4.69) is 4.98 Å². The Hall–Kier alpha value is -1.62. The first-order chi connectivity index (χ1) is 8.09. The van der Waals surface area contributed by atoms with Crippen molar-refractivity contribution in [1.29, 1.82) is 0 Å². The van der Waals surface area contributed by atoms with Crippen LogP contribution in [0.15, 0.2) is 18.3 Å². The average molecular weight is 236 g/mol. The van der Waals surface area contributed by atoms with E-state index >= 15 is 0 Å². The standard InChI is InChI=1S/C12H16N2O3/c1-8(15)10-3-2-6-14(10)11-5-4-9(7-13-11)12(16)17/h4-5,7-8,10,15H,2-3,6H2,1H3,(H,16,17)/t8-,10-/m1/s1. The quantitative estimate of drug-likeness (QED) is 0.823. The van der Waals surface area contributed by atoms with Crippen LogP contribution >= 0.6 is 0 Å². The van der Waals surface area contributed by atoms with E-state index in [1.54, 1.807) is 19.1 Å². The van der Waals surface area contributed by atoms with Gasteiger partial charge >= 0.3 is 5.97 Å². The third kappa shape index (κ3) is 2.39. The van der Waals surface area contributed by atoms with Gasteiger partial charge in [-0.2, -0.15) is 0 Å². The van der Waals surface area contributed by atoms with Crippen LogP contribution in [0.2, 0.25) is 0 Å². The van der Waals surface area contributed by atoms with Gasteiger partial charge in [0.05, 0.1) is 17.7 Å². The normalized spacial score (nSPS) is 21.5. The fourth-order valence-electron chi connectivity index (χ4n) is 2.26. The van der Waals surface area contributed by atoms with Crippen molar-refractivity contribution >= 4 is 11.8 Å². The third-order valence-corrected chi connectivity index (χ3v) is 3.15. The lowest BCUT2D eigenvalue weighted by atomic mass is 10.1. The molecule has 2 atom stereocenters. The Kier molecular flexibility index (Phi) is 3.28. The Bertz CT molecular complexity index is 403. The summed E-state index contributed by atoms with van der Waals surface area (Å²) >= 11 is 0. The van der Waals surface area contributed by atoms with Crippen LogP contribution in [0.25, 0.3) is 0 Å².